The van der Waals surface area contributed by atoms with E-state index in [1.807, 2.05) is 0 Å². The van der Waals surface area contributed by atoms with Gasteiger partial charge in [0.05, 0.1) is 0 Å². The molecule has 1 aliphatic carbocycles. The van der Waals surface area contributed by atoms with E-state index in [0.717, 1.165) is 19.0 Å². The molecule has 2 nitrogen and oxygen atoms in total. The lowest BCUT2D eigenvalue weighted by Gasteiger charge is -2.32. The number of aliphatic hydroxyl groups is 1. The van der Waals surface area contributed by atoms with Gasteiger partial charge in [-0.25, -0.2) is 0 Å². The van der Waals surface area contributed by atoms with Crippen LogP contribution in [0.15, 0.2) is 0 Å². The summed E-state index contributed by atoms with van der Waals surface area (Å²) in [5, 5.41) is 12.8. The van der Waals surface area contributed by atoms with Crippen LogP contribution in [0.1, 0.15) is 58.8 Å². The fourth-order valence-electron chi connectivity index (χ4n) is 2.67. The van der Waals surface area contributed by atoms with Crippen LogP contribution in [-0.4, -0.2) is 24.3 Å². The highest BCUT2D eigenvalue weighted by Gasteiger charge is 2.26. The van der Waals surface area contributed by atoms with E-state index >= 15 is 0 Å². The second-order valence-electron chi connectivity index (χ2n) is 5.04. The summed E-state index contributed by atoms with van der Waals surface area (Å²) in [7, 11) is 0. The average molecular weight is 213 g/mol. The maximum Gasteiger partial charge on any atom is 0.0436 e. The minimum atomic E-state index is 0.327. The van der Waals surface area contributed by atoms with Crippen molar-refractivity contribution in [3.63, 3.8) is 0 Å². The van der Waals surface area contributed by atoms with Gasteiger partial charge in [-0.15, -0.1) is 0 Å². The highest BCUT2D eigenvalue weighted by Crippen LogP contribution is 2.30. The predicted octanol–water partition coefficient (Wildman–Crippen LogP) is 2.71. The predicted molar refractivity (Wildman–Crippen MR) is 65.0 cm³/mol. The minimum absolute atomic E-state index is 0.327. The van der Waals surface area contributed by atoms with E-state index in [1.165, 1.54) is 38.5 Å². The van der Waals surface area contributed by atoms with Gasteiger partial charge < -0.3 is 10.4 Å². The Morgan fingerprint density at radius 2 is 1.80 bits per heavy atom. The topological polar surface area (TPSA) is 32.3 Å². The number of aliphatic hydroxyl groups excluding tert-OH is 1. The summed E-state index contributed by atoms with van der Waals surface area (Å²) in [5.41, 5.74) is 0.331. The molecule has 0 aromatic carbocycles. The fraction of sp³-hybridized carbons (Fsp3) is 1.00. The molecule has 0 unspecified atom stereocenters. The normalized spacial score (nSPS) is 18.6. The molecule has 0 aliphatic heterocycles. The zero-order valence-electron chi connectivity index (χ0n) is 10.4. The number of hydrogen-bond acceptors (Lipinski definition) is 2. The maximum atomic E-state index is 9.13. The standard InChI is InChI=1S/C13H27NO/c1-3-13(4-2,9-10-15)11-14-12-7-5-6-8-12/h12,14-15H,3-11H2,1-2H3. The Kier molecular flexibility index (Phi) is 5.62. The van der Waals surface area contributed by atoms with Crippen LogP contribution in [0.3, 0.4) is 0 Å². The molecule has 0 heterocycles. The largest absolute Gasteiger partial charge is 0.396 e. The molecule has 0 aromatic rings. The van der Waals surface area contributed by atoms with Crippen LogP contribution in [0.4, 0.5) is 0 Å². The van der Waals surface area contributed by atoms with E-state index < -0.39 is 0 Å². The first-order valence-corrected chi connectivity index (χ1v) is 6.60. The van der Waals surface area contributed by atoms with Crippen molar-refractivity contribution < 1.29 is 5.11 Å². The molecule has 0 spiro atoms. The van der Waals surface area contributed by atoms with Crippen molar-refractivity contribution in [2.75, 3.05) is 13.2 Å². The number of nitrogens with one attached hydrogen (secondary N) is 1. The maximum absolute atomic E-state index is 9.13. The van der Waals surface area contributed by atoms with Gasteiger partial charge in [0.2, 0.25) is 0 Å². The van der Waals surface area contributed by atoms with E-state index in [4.69, 9.17) is 5.11 Å². The van der Waals surface area contributed by atoms with Crippen molar-refractivity contribution in [2.24, 2.45) is 5.41 Å². The molecule has 0 radical (unpaired) electrons. The first-order chi connectivity index (χ1) is 7.26. The van der Waals surface area contributed by atoms with Crippen molar-refractivity contribution in [3.8, 4) is 0 Å². The molecule has 0 bridgehead atoms. The first-order valence-electron chi connectivity index (χ1n) is 6.60. The van der Waals surface area contributed by atoms with Crippen LogP contribution >= 0.6 is 0 Å². The van der Waals surface area contributed by atoms with E-state index in [9.17, 15) is 0 Å². The monoisotopic (exact) mass is 213 g/mol. The molecule has 2 N–H and O–H groups in total. The van der Waals surface area contributed by atoms with Gasteiger partial charge in [0.25, 0.3) is 0 Å². The molecule has 1 aliphatic rings. The quantitative estimate of drug-likeness (QED) is 0.681. The smallest absolute Gasteiger partial charge is 0.0436 e. The summed E-state index contributed by atoms with van der Waals surface area (Å²) in [4.78, 5) is 0. The van der Waals surface area contributed by atoms with Gasteiger partial charge in [-0.2, -0.15) is 0 Å². The van der Waals surface area contributed by atoms with E-state index in [-0.39, 0.29) is 0 Å². The molecule has 15 heavy (non-hydrogen) atoms. The van der Waals surface area contributed by atoms with Crippen molar-refractivity contribution in [1.29, 1.82) is 0 Å². The third-order valence-corrected chi connectivity index (χ3v) is 4.26. The van der Waals surface area contributed by atoms with Crippen LogP contribution in [0, 0.1) is 5.41 Å². The van der Waals surface area contributed by atoms with Crippen molar-refractivity contribution >= 4 is 0 Å². The zero-order valence-corrected chi connectivity index (χ0v) is 10.4. The zero-order chi connectivity index (χ0) is 11.1. The first kappa shape index (κ1) is 13.0. The minimum Gasteiger partial charge on any atom is -0.396 e. The second-order valence-corrected chi connectivity index (χ2v) is 5.04. The highest BCUT2D eigenvalue weighted by atomic mass is 16.3. The lowest BCUT2D eigenvalue weighted by molar-refractivity contribution is 0.159. The molecule has 1 rings (SSSR count). The Hall–Kier alpha value is -0.0800. The summed E-state index contributed by atoms with van der Waals surface area (Å²) in [6.45, 7) is 5.91. The molecule has 0 amide bonds. The summed E-state index contributed by atoms with van der Waals surface area (Å²) in [5.74, 6) is 0. The van der Waals surface area contributed by atoms with Gasteiger partial charge in [0.15, 0.2) is 0 Å². The third kappa shape index (κ3) is 3.76. The van der Waals surface area contributed by atoms with E-state index in [2.05, 4.69) is 19.2 Å². The molecule has 1 saturated carbocycles. The Labute approximate surface area is 94.5 Å². The van der Waals surface area contributed by atoms with Crippen LogP contribution < -0.4 is 5.32 Å². The van der Waals surface area contributed by atoms with E-state index in [0.29, 0.717) is 12.0 Å². The van der Waals surface area contributed by atoms with Crippen molar-refractivity contribution in [1.82, 2.24) is 5.32 Å². The number of hydrogen-bond donors (Lipinski definition) is 2. The average Bonchev–Trinajstić information content (AvgIpc) is 2.77. The molecule has 0 saturated heterocycles. The summed E-state index contributed by atoms with van der Waals surface area (Å²) < 4.78 is 0. The van der Waals surface area contributed by atoms with Crippen molar-refractivity contribution in [2.45, 2.75) is 64.8 Å². The molecule has 2 heteroatoms. The lowest BCUT2D eigenvalue weighted by Crippen LogP contribution is -2.38. The summed E-state index contributed by atoms with van der Waals surface area (Å²) >= 11 is 0. The molecule has 90 valence electrons. The lowest BCUT2D eigenvalue weighted by atomic mass is 9.79. The summed E-state index contributed by atoms with van der Waals surface area (Å²) in [6, 6.07) is 0.751. The molecule has 1 fully saturated rings. The van der Waals surface area contributed by atoms with Crippen LogP contribution in [-0.2, 0) is 0 Å². The fourth-order valence-corrected chi connectivity index (χ4v) is 2.67. The van der Waals surface area contributed by atoms with E-state index in [1.54, 1.807) is 0 Å². The van der Waals surface area contributed by atoms with Crippen molar-refractivity contribution in [3.05, 3.63) is 0 Å². The highest BCUT2D eigenvalue weighted by molar-refractivity contribution is 4.82. The molecular formula is C13H27NO. The van der Waals surface area contributed by atoms with Crippen LogP contribution in [0.5, 0.6) is 0 Å². The summed E-state index contributed by atoms with van der Waals surface area (Å²) in [6.07, 6.45) is 8.77. The van der Waals surface area contributed by atoms with Crippen LogP contribution in [0.25, 0.3) is 0 Å². The second kappa shape index (κ2) is 6.49. The Morgan fingerprint density at radius 3 is 2.27 bits per heavy atom. The Morgan fingerprint density at radius 1 is 1.20 bits per heavy atom. The van der Waals surface area contributed by atoms with Gasteiger partial charge in [0.1, 0.15) is 0 Å². The molecular weight excluding hydrogens is 186 g/mol. The van der Waals surface area contributed by atoms with Gasteiger partial charge >= 0.3 is 0 Å². The van der Waals surface area contributed by atoms with Gasteiger partial charge in [-0.05, 0) is 37.5 Å². The van der Waals surface area contributed by atoms with Gasteiger partial charge in [-0.1, -0.05) is 26.7 Å². The molecule has 0 aromatic heterocycles. The van der Waals surface area contributed by atoms with Crippen LogP contribution in [0.2, 0.25) is 0 Å². The van der Waals surface area contributed by atoms with Gasteiger partial charge in [-0.3, -0.25) is 0 Å². The SMILES string of the molecule is CCC(CC)(CCO)CNC1CCCC1. The number of rotatable bonds is 7. The third-order valence-electron chi connectivity index (χ3n) is 4.26. The van der Waals surface area contributed by atoms with Gasteiger partial charge in [0, 0.05) is 19.2 Å². The Bertz CT molecular complexity index is 160. The molecule has 0 atom stereocenters. The Balaban J connectivity index is 2.35.